The van der Waals surface area contributed by atoms with Gasteiger partial charge in [-0.1, -0.05) is 25.1 Å². The molecule has 2 heterocycles. The number of carbonyl (C=O) groups excluding carboxylic acids is 2. The number of hydrogen-bond acceptors (Lipinski definition) is 5. The van der Waals surface area contributed by atoms with Gasteiger partial charge in [0.1, 0.15) is 11.5 Å². The van der Waals surface area contributed by atoms with Crippen molar-refractivity contribution in [3.05, 3.63) is 82.1 Å². The average Bonchev–Trinajstić information content (AvgIpc) is 3.52. The first-order valence-corrected chi connectivity index (χ1v) is 11.8. The molecule has 0 spiro atoms. The van der Waals surface area contributed by atoms with Gasteiger partial charge in [0.2, 0.25) is 0 Å². The maximum Gasteiger partial charge on any atom is 0.335 e. The topological polar surface area (TPSA) is 112 Å². The second-order valence-corrected chi connectivity index (χ2v) is 9.17. The van der Waals surface area contributed by atoms with E-state index in [4.69, 9.17) is 16.0 Å². The number of amides is 2. The van der Waals surface area contributed by atoms with Gasteiger partial charge in [-0.25, -0.2) is 4.79 Å². The van der Waals surface area contributed by atoms with Crippen molar-refractivity contribution in [2.24, 2.45) is 11.0 Å². The molecule has 8 nitrogen and oxygen atoms in total. The summed E-state index contributed by atoms with van der Waals surface area (Å²) in [6.45, 7) is 2.34. The molecule has 3 aromatic rings. The number of nitrogens with one attached hydrogen (secondary N) is 1. The van der Waals surface area contributed by atoms with E-state index in [0.29, 0.717) is 57.1 Å². The summed E-state index contributed by atoms with van der Waals surface area (Å²) >= 11 is 6.26. The molecule has 1 saturated carbocycles. The molecular weight excluding hydrogens is 494 g/mol. The van der Waals surface area contributed by atoms with E-state index in [-0.39, 0.29) is 18.9 Å². The van der Waals surface area contributed by atoms with Crippen molar-refractivity contribution in [2.45, 2.75) is 27.2 Å². The number of anilines is 1. The number of carbonyl (C=O) groups is 3. The summed E-state index contributed by atoms with van der Waals surface area (Å²) < 4.78 is 5.95. The van der Waals surface area contributed by atoms with Crippen LogP contribution in [-0.4, -0.2) is 35.1 Å². The van der Waals surface area contributed by atoms with Crippen LogP contribution in [0.3, 0.4) is 0 Å². The van der Waals surface area contributed by atoms with Crippen molar-refractivity contribution in [2.75, 3.05) is 11.6 Å². The SMILES string of the molecule is C.CC1=NN(c2cccc(C(=O)O)c2)C(=O)/C1=C\c1ccc(-c2ccc(Cl)c(C(=O)NCC3CC3)c2)o1. The Labute approximate surface area is 219 Å². The highest BCUT2D eigenvalue weighted by Gasteiger charge is 2.29. The highest BCUT2D eigenvalue weighted by atomic mass is 35.5. The summed E-state index contributed by atoms with van der Waals surface area (Å²) in [5.41, 5.74) is 2.27. The maximum absolute atomic E-state index is 13.0. The number of aromatic carboxylic acids is 1. The highest BCUT2D eigenvalue weighted by Crippen LogP contribution is 2.31. The lowest BCUT2D eigenvalue weighted by Crippen LogP contribution is -2.25. The fourth-order valence-electron chi connectivity index (χ4n) is 3.86. The van der Waals surface area contributed by atoms with Crippen LogP contribution in [0.5, 0.6) is 0 Å². The Morgan fingerprint density at radius 2 is 1.97 bits per heavy atom. The molecule has 1 aromatic heterocycles. The van der Waals surface area contributed by atoms with Gasteiger partial charge in [-0.3, -0.25) is 9.59 Å². The summed E-state index contributed by atoms with van der Waals surface area (Å²) in [5, 5.41) is 18.0. The minimum Gasteiger partial charge on any atom is -0.478 e. The molecule has 2 amide bonds. The lowest BCUT2D eigenvalue weighted by molar-refractivity contribution is -0.114. The van der Waals surface area contributed by atoms with Crippen LogP contribution in [0.2, 0.25) is 5.02 Å². The van der Waals surface area contributed by atoms with E-state index >= 15 is 0 Å². The van der Waals surface area contributed by atoms with Crippen LogP contribution in [0.4, 0.5) is 5.69 Å². The Bertz CT molecular complexity index is 1450. The van der Waals surface area contributed by atoms with Crippen molar-refractivity contribution in [1.29, 1.82) is 0 Å². The van der Waals surface area contributed by atoms with E-state index in [1.165, 1.54) is 17.1 Å². The summed E-state index contributed by atoms with van der Waals surface area (Å²) in [7, 11) is 0. The van der Waals surface area contributed by atoms with Crippen LogP contribution in [-0.2, 0) is 4.79 Å². The number of carboxylic acid groups (broad SMARTS) is 1. The van der Waals surface area contributed by atoms with Crippen molar-refractivity contribution >= 4 is 46.9 Å². The second kappa shape index (κ2) is 10.4. The first-order valence-electron chi connectivity index (χ1n) is 11.4. The van der Waals surface area contributed by atoms with Gasteiger partial charge in [0.15, 0.2) is 0 Å². The summed E-state index contributed by atoms with van der Waals surface area (Å²) in [6, 6.07) is 14.6. The first-order chi connectivity index (χ1) is 17.3. The third kappa shape index (κ3) is 5.49. The Morgan fingerprint density at radius 3 is 2.70 bits per heavy atom. The number of benzene rings is 2. The minimum atomic E-state index is -1.09. The van der Waals surface area contributed by atoms with Crippen LogP contribution in [0, 0.1) is 5.92 Å². The second-order valence-electron chi connectivity index (χ2n) is 8.77. The van der Waals surface area contributed by atoms with Crippen LogP contribution < -0.4 is 10.3 Å². The van der Waals surface area contributed by atoms with Gasteiger partial charge in [-0.2, -0.15) is 10.1 Å². The van der Waals surface area contributed by atoms with E-state index in [1.807, 2.05) is 0 Å². The Balaban J connectivity index is 0.00000320. The zero-order valence-corrected chi connectivity index (χ0v) is 20.1. The first kappa shape index (κ1) is 25.9. The van der Waals surface area contributed by atoms with Crippen molar-refractivity contribution < 1.29 is 23.9 Å². The van der Waals surface area contributed by atoms with Gasteiger partial charge in [0.25, 0.3) is 11.8 Å². The standard InChI is InChI=1S/C27H22ClN3O5.CH4/c1-15-21(26(33)31(30-15)19-4-2-3-18(11-19)27(34)35)13-20-8-10-24(36-20)17-7-9-23(28)22(12-17)25(32)29-14-16-5-6-16;/h2-4,7-13,16H,5-6,14H2,1H3,(H,29,32)(H,34,35);1H4/b21-13-;. The Hall–Kier alpha value is -4.17. The van der Waals surface area contributed by atoms with Gasteiger partial charge in [0.05, 0.1) is 33.1 Å². The van der Waals surface area contributed by atoms with Gasteiger partial charge >= 0.3 is 5.97 Å². The van der Waals surface area contributed by atoms with E-state index in [9.17, 15) is 19.5 Å². The van der Waals surface area contributed by atoms with Crippen molar-refractivity contribution in [3.63, 3.8) is 0 Å². The van der Waals surface area contributed by atoms with Gasteiger partial charge in [-0.15, -0.1) is 0 Å². The molecule has 0 atom stereocenters. The predicted octanol–water partition coefficient (Wildman–Crippen LogP) is 5.88. The molecule has 2 aliphatic rings. The zero-order chi connectivity index (χ0) is 25.4. The number of hydrogen-bond donors (Lipinski definition) is 2. The number of furan rings is 1. The summed E-state index contributed by atoms with van der Waals surface area (Å²) in [4.78, 5) is 36.9. The molecule has 2 N–H and O–H groups in total. The van der Waals surface area contributed by atoms with Gasteiger partial charge in [0, 0.05) is 12.1 Å². The normalized spacial score (nSPS) is 15.9. The number of nitrogens with zero attached hydrogens (tertiary/aromatic N) is 2. The quantitative estimate of drug-likeness (QED) is 0.378. The van der Waals surface area contributed by atoms with Crippen LogP contribution >= 0.6 is 11.6 Å². The van der Waals surface area contributed by atoms with E-state index in [0.717, 1.165) is 12.8 Å². The molecule has 0 saturated heterocycles. The zero-order valence-electron chi connectivity index (χ0n) is 19.3. The van der Waals surface area contributed by atoms with Crippen molar-refractivity contribution in [3.8, 4) is 11.3 Å². The third-order valence-corrected chi connectivity index (χ3v) is 6.39. The monoisotopic (exact) mass is 519 g/mol. The molecule has 1 aliphatic carbocycles. The van der Waals surface area contributed by atoms with Gasteiger partial charge in [-0.05, 0) is 80.3 Å². The maximum atomic E-state index is 13.0. The van der Waals surface area contributed by atoms with E-state index < -0.39 is 11.9 Å². The largest absolute Gasteiger partial charge is 0.478 e. The lowest BCUT2D eigenvalue weighted by atomic mass is 10.1. The third-order valence-electron chi connectivity index (χ3n) is 6.06. The Kier molecular flexibility index (Phi) is 7.31. The van der Waals surface area contributed by atoms with Crippen molar-refractivity contribution in [1.82, 2.24) is 5.32 Å². The number of halogens is 1. The smallest absolute Gasteiger partial charge is 0.335 e. The molecule has 9 heteroatoms. The minimum absolute atomic E-state index is 0. The van der Waals surface area contributed by atoms with E-state index in [1.54, 1.807) is 55.5 Å². The molecular formula is C28H26ClN3O5. The fourth-order valence-corrected chi connectivity index (χ4v) is 4.07. The molecule has 1 aliphatic heterocycles. The lowest BCUT2D eigenvalue weighted by Gasteiger charge is -2.12. The highest BCUT2D eigenvalue weighted by molar-refractivity contribution is 6.34. The number of rotatable bonds is 7. The van der Waals surface area contributed by atoms with Crippen LogP contribution in [0.1, 0.15) is 53.7 Å². The summed E-state index contributed by atoms with van der Waals surface area (Å²) in [5.74, 6) is -0.209. The Morgan fingerprint density at radius 1 is 1.19 bits per heavy atom. The molecule has 37 heavy (non-hydrogen) atoms. The molecule has 0 unspecified atom stereocenters. The predicted molar refractivity (Wildman–Crippen MR) is 143 cm³/mol. The molecule has 190 valence electrons. The fraction of sp³-hybridized carbons (Fsp3) is 0.214. The van der Waals surface area contributed by atoms with Gasteiger partial charge < -0.3 is 14.8 Å². The van der Waals surface area contributed by atoms with Crippen LogP contribution in [0.25, 0.3) is 17.4 Å². The molecule has 1 fully saturated rings. The molecule has 0 radical (unpaired) electrons. The van der Waals surface area contributed by atoms with Crippen LogP contribution in [0.15, 0.2) is 69.7 Å². The number of carboxylic acids is 1. The number of hydrazone groups is 1. The average molecular weight is 520 g/mol. The van der Waals surface area contributed by atoms with E-state index in [2.05, 4.69) is 10.4 Å². The molecule has 0 bridgehead atoms. The molecule has 2 aromatic carbocycles. The summed E-state index contributed by atoms with van der Waals surface area (Å²) in [6.07, 6.45) is 3.86. The molecule has 5 rings (SSSR count).